The van der Waals surface area contributed by atoms with Gasteiger partial charge >= 0.3 is 0 Å². The number of ether oxygens (including phenoxy) is 1. The molecule has 0 spiro atoms. The molecule has 3 heterocycles. The van der Waals surface area contributed by atoms with Gasteiger partial charge in [0.05, 0.1) is 0 Å². The number of rotatable bonds is 4. The van der Waals surface area contributed by atoms with Crippen LogP contribution in [0.2, 0.25) is 0 Å². The van der Waals surface area contributed by atoms with E-state index in [0.29, 0.717) is 36.0 Å². The van der Waals surface area contributed by atoms with Crippen LogP contribution in [0.25, 0.3) is 0 Å². The molecule has 0 N–H and O–H groups in total. The Labute approximate surface area is 134 Å². The van der Waals surface area contributed by atoms with Gasteiger partial charge in [-0.25, -0.2) is 13.4 Å². The van der Waals surface area contributed by atoms with E-state index >= 15 is 0 Å². The summed E-state index contributed by atoms with van der Waals surface area (Å²) < 4.78 is 32.9. The van der Waals surface area contributed by atoms with Crippen molar-refractivity contribution in [3.63, 3.8) is 0 Å². The number of sulfonamides is 1. The Morgan fingerprint density at radius 1 is 1.23 bits per heavy atom. The van der Waals surface area contributed by atoms with Gasteiger partial charge < -0.3 is 4.74 Å². The van der Waals surface area contributed by atoms with E-state index < -0.39 is 10.0 Å². The van der Waals surface area contributed by atoms with E-state index in [4.69, 9.17) is 4.74 Å². The molecule has 118 valence electrons. The van der Waals surface area contributed by atoms with Gasteiger partial charge in [-0.05, 0) is 38.0 Å². The minimum absolute atomic E-state index is 0.0198. The fraction of sp³-hybridized carbons (Fsp3) is 0.400. The molecular weight excluding hydrogens is 320 g/mol. The first-order valence-electron chi connectivity index (χ1n) is 7.20. The van der Waals surface area contributed by atoms with Crippen molar-refractivity contribution in [3.8, 4) is 5.88 Å². The predicted molar refractivity (Wildman–Crippen MR) is 85.7 cm³/mol. The summed E-state index contributed by atoms with van der Waals surface area (Å²) in [6, 6.07) is 9.06. The average molecular weight is 338 g/mol. The monoisotopic (exact) mass is 338 g/mol. The van der Waals surface area contributed by atoms with Gasteiger partial charge in [-0.3, -0.25) is 0 Å². The molecule has 0 radical (unpaired) electrons. The van der Waals surface area contributed by atoms with Crippen LogP contribution in [0.4, 0.5) is 0 Å². The van der Waals surface area contributed by atoms with Gasteiger partial charge in [-0.1, -0.05) is 6.07 Å². The second kappa shape index (κ2) is 6.36. The summed E-state index contributed by atoms with van der Waals surface area (Å²) in [7, 11) is -3.36. The summed E-state index contributed by atoms with van der Waals surface area (Å²) >= 11 is 1.32. The minimum Gasteiger partial charge on any atom is -0.474 e. The summed E-state index contributed by atoms with van der Waals surface area (Å²) in [5.41, 5.74) is 0. The highest BCUT2D eigenvalue weighted by molar-refractivity contribution is 7.91. The van der Waals surface area contributed by atoms with Crippen LogP contribution in [0, 0.1) is 6.92 Å². The van der Waals surface area contributed by atoms with Crippen molar-refractivity contribution in [1.29, 1.82) is 0 Å². The van der Waals surface area contributed by atoms with Crippen molar-refractivity contribution in [1.82, 2.24) is 9.29 Å². The largest absolute Gasteiger partial charge is 0.474 e. The Morgan fingerprint density at radius 2 is 2.00 bits per heavy atom. The summed E-state index contributed by atoms with van der Waals surface area (Å²) in [5.74, 6) is 0.595. The van der Waals surface area contributed by atoms with E-state index in [1.54, 1.807) is 16.6 Å². The zero-order chi connectivity index (χ0) is 15.6. The lowest BCUT2D eigenvalue weighted by molar-refractivity contribution is 0.130. The predicted octanol–water partition coefficient (Wildman–Crippen LogP) is 2.68. The van der Waals surface area contributed by atoms with Crippen LogP contribution in [0.15, 0.2) is 40.7 Å². The quantitative estimate of drug-likeness (QED) is 0.860. The van der Waals surface area contributed by atoms with E-state index in [2.05, 4.69) is 4.98 Å². The standard InChI is InChI=1S/C15H18N2O3S2/c1-12-5-6-15(21-12)22(18,19)17-10-7-13(8-11-17)20-14-4-2-3-9-16-14/h2-6,9,13H,7-8,10-11H2,1H3. The highest BCUT2D eigenvalue weighted by Gasteiger charge is 2.31. The Kier molecular flexibility index (Phi) is 4.46. The molecule has 0 saturated carbocycles. The molecule has 0 aliphatic carbocycles. The molecule has 7 heteroatoms. The Morgan fingerprint density at radius 3 is 2.59 bits per heavy atom. The third kappa shape index (κ3) is 3.31. The van der Waals surface area contributed by atoms with Gasteiger partial charge in [0, 0.05) is 30.2 Å². The number of piperidine rings is 1. The Bertz CT molecular complexity index is 720. The number of aromatic nitrogens is 1. The molecule has 1 aliphatic rings. The zero-order valence-corrected chi connectivity index (χ0v) is 13.9. The normalized spacial score (nSPS) is 17.5. The maximum atomic E-state index is 12.5. The van der Waals surface area contributed by atoms with Crippen molar-refractivity contribution in [2.45, 2.75) is 30.1 Å². The third-order valence-corrected chi connectivity index (χ3v) is 7.00. The van der Waals surface area contributed by atoms with Crippen molar-refractivity contribution >= 4 is 21.4 Å². The van der Waals surface area contributed by atoms with Crippen LogP contribution in [0.3, 0.4) is 0 Å². The first-order valence-corrected chi connectivity index (χ1v) is 9.45. The molecule has 0 amide bonds. The van der Waals surface area contributed by atoms with Crippen LogP contribution >= 0.6 is 11.3 Å². The fourth-order valence-electron chi connectivity index (χ4n) is 2.46. The molecule has 22 heavy (non-hydrogen) atoms. The Hall–Kier alpha value is -1.44. The van der Waals surface area contributed by atoms with E-state index in [0.717, 1.165) is 4.88 Å². The lowest BCUT2D eigenvalue weighted by Gasteiger charge is -2.30. The topological polar surface area (TPSA) is 59.5 Å². The molecule has 1 aliphatic heterocycles. The number of hydrogen-bond donors (Lipinski definition) is 0. The summed E-state index contributed by atoms with van der Waals surface area (Å²) in [6.07, 6.45) is 3.07. The first-order chi connectivity index (χ1) is 10.6. The van der Waals surface area contributed by atoms with Gasteiger partial charge in [0.1, 0.15) is 10.3 Å². The molecular formula is C15H18N2O3S2. The molecule has 2 aromatic heterocycles. The van der Waals surface area contributed by atoms with Crippen molar-refractivity contribution in [2.75, 3.05) is 13.1 Å². The fourth-order valence-corrected chi connectivity index (χ4v) is 5.36. The SMILES string of the molecule is Cc1ccc(S(=O)(=O)N2CCC(Oc3ccccn3)CC2)s1. The molecule has 0 unspecified atom stereocenters. The van der Waals surface area contributed by atoms with E-state index in [1.165, 1.54) is 11.3 Å². The molecule has 5 nitrogen and oxygen atoms in total. The van der Waals surface area contributed by atoms with Crippen LogP contribution in [-0.4, -0.2) is 36.9 Å². The van der Waals surface area contributed by atoms with Crippen LogP contribution in [-0.2, 0) is 10.0 Å². The highest BCUT2D eigenvalue weighted by atomic mass is 32.2. The van der Waals surface area contributed by atoms with Gasteiger partial charge in [-0.2, -0.15) is 4.31 Å². The summed E-state index contributed by atoms with van der Waals surface area (Å²) in [5, 5.41) is 0. The molecule has 1 fully saturated rings. The number of nitrogens with zero attached hydrogens (tertiary/aromatic N) is 2. The van der Waals surface area contributed by atoms with E-state index in [-0.39, 0.29) is 6.10 Å². The molecule has 0 aromatic carbocycles. The molecule has 2 aromatic rings. The van der Waals surface area contributed by atoms with Crippen molar-refractivity contribution in [3.05, 3.63) is 41.4 Å². The minimum atomic E-state index is -3.36. The molecule has 1 saturated heterocycles. The maximum absolute atomic E-state index is 12.5. The van der Waals surface area contributed by atoms with E-state index in [1.807, 2.05) is 31.2 Å². The number of hydrogen-bond acceptors (Lipinski definition) is 5. The van der Waals surface area contributed by atoms with Gasteiger partial charge in [-0.15, -0.1) is 11.3 Å². The van der Waals surface area contributed by atoms with Crippen molar-refractivity contribution in [2.24, 2.45) is 0 Å². The van der Waals surface area contributed by atoms with Crippen LogP contribution < -0.4 is 4.74 Å². The van der Waals surface area contributed by atoms with Crippen molar-refractivity contribution < 1.29 is 13.2 Å². The summed E-state index contributed by atoms with van der Waals surface area (Å²) in [6.45, 7) is 2.88. The second-order valence-corrected chi connectivity index (χ2v) is 8.71. The lowest BCUT2D eigenvalue weighted by atomic mass is 10.1. The molecule has 3 rings (SSSR count). The van der Waals surface area contributed by atoms with Gasteiger partial charge in [0.15, 0.2) is 0 Å². The molecule has 0 bridgehead atoms. The molecule has 0 atom stereocenters. The maximum Gasteiger partial charge on any atom is 0.252 e. The van der Waals surface area contributed by atoms with Crippen LogP contribution in [0.5, 0.6) is 5.88 Å². The summed E-state index contributed by atoms with van der Waals surface area (Å²) in [4.78, 5) is 5.14. The van der Waals surface area contributed by atoms with Crippen LogP contribution in [0.1, 0.15) is 17.7 Å². The van der Waals surface area contributed by atoms with Gasteiger partial charge in [0.2, 0.25) is 5.88 Å². The Balaban J connectivity index is 1.62. The lowest BCUT2D eigenvalue weighted by Crippen LogP contribution is -2.41. The number of aryl methyl sites for hydroxylation is 1. The average Bonchev–Trinajstić information content (AvgIpc) is 2.96. The van der Waals surface area contributed by atoms with E-state index in [9.17, 15) is 8.42 Å². The highest BCUT2D eigenvalue weighted by Crippen LogP contribution is 2.27. The van der Waals surface area contributed by atoms with Gasteiger partial charge in [0.25, 0.3) is 10.0 Å². The smallest absolute Gasteiger partial charge is 0.252 e. The number of pyridine rings is 1. The third-order valence-electron chi connectivity index (χ3n) is 3.64. The number of thiophene rings is 1. The second-order valence-electron chi connectivity index (χ2n) is 5.25. The zero-order valence-electron chi connectivity index (χ0n) is 12.3. The first kappa shape index (κ1) is 15.5.